The zero-order chi connectivity index (χ0) is 17.6. The van der Waals surface area contributed by atoms with E-state index in [1.54, 1.807) is 0 Å². The molecular formula is C20H20BrN3O. The van der Waals surface area contributed by atoms with E-state index in [1.165, 1.54) is 11.3 Å². The first kappa shape index (κ1) is 16.4. The van der Waals surface area contributed by atoms with Gasteiger partial charge < -0.3 is 15.2 Å². The minimum atomic E-state index is -0.0813. The molecule has 1 amide bonds. The Hall–Kier alpha value is -2.11. The Morgan fingerprint density at radius 1 is 1.28 bits per heavy atom. The molecule has 0 radical (unpaired) electrons. The standard InChI is InChI=1S/C20H20BrN3O/c1-12-16(21)4-3-5-17(12)23-20(25)13-6-7-18-14(10-13)15-11-24(2)9-8-19(15)22-18/h3-7,10,22H,8-9,11H2,1-2H3,(H,23,25). The van der Waals surface area contributed by atoms with E-state index in [0.29, 0.717) is 5.56 Å². The van der Waals surface area contributed by atoms with Crippen LogP contribution >= 0.6 is 15.9 Å². The van der Waals surface area contributed by atoms with E-state index in [-0.39, 0.29) is 5.91 Å². The monoisotopic (exact) mass is 397 g/mol. The van der Waals surface area contributed by atoms with E-state index >= 15 is 0 Å². The number of anilines is 1. The molecule has 0 bridgehead atoms. The van der Waals surface area contributed by atoms with E-state index in [2.05, 4.69) is 38.2 Å². The highest BCUT2D eigenvalue weighted by Gasteiger charge is 2.19. The van der Waals surface area contributed by atoms with E-state index in [0.717, 1.165) is 46.1 Å². The van der Waals surface area contributed by atoms with Gasteiger partial charge in [0.1, 0.15) is 0 Å². The van der Waals surface area contributed by atoms with Crippen LogP contribution in [-0.2, 0) is 13.0 Å². The number of carbonyl (C=O) groups is 1. The smallest absolute Gasteiger partial charge is 0.255 e. The fourth-order valence-corrected chi connectivity index (χ4v) is 3.79. The topological polar surface area (TPSA) is 48.1 Å². The molecular weight excluding hydrogens is 378 g/mol. The van der Waals surface area contributed by atoms with Gasteiger partial charge in [-0.3, -0.25) is 4.79 Å². The zero-order valence-corrected chi connectivity index (χ0v) is 15.9. The third-order valence-electron chi connectivity index (χ3n) is 4.94. The summed E-state index contributed by atoms with van der Waals surface area (Å²) in [5.41, 5.74) is 6.26. The minimum Gasteiger partial charge on any atom is -0.358 e. The summed E-state index contributed by atoms with van der Waals surface area (Å²) in [6.45, 7) is 3.97. The Morgan fingerprint density at radius 2 is 2.12 bits per heavy atom. The molecule has 128 valence electrons. The number of nitrogens with one attached hydrogen (secondary N) is 2. The largest absolute Gasteiger partial charge is 0.358 e. The number of fused-ring (bicyclic) bond motifs is 3. The summed E-state index contributed by atoms with van der Waals surface area (Å²) in [7, 11) is 2.13. The van der Waals surface area contributed by atoms with E-state index < -0.39 is 0 Å². The van der Waals surface area contributed by atoms with E-state index in [9.17, 15) is 4.79 Å². The molecule has 0 fully saturated rings. The molecule has 4 nitrogen and oxygen atoms in total. The van der Waals surface area contributed by atoms with Crippen molar-refractivity contribution in [2.45, 2.75) is 19.9 Å². The summed E-state index contributed by atoms with van der Waals surface area (Å²) >= 11 is 3.51. The van der Waals surface area contributed by atoms with Crippen LogP contribution in [0.3, 0.4) is 0 Å². The highest BCUT2D eigenvalue weighted by Crippen LogP contribution is 2.29. The molecule has 5 heteroatoms. The summed E-state index contributed by atoms with van der Waals surface area (Å²) in [4.78, 5) is 18.5. The molecule has 4 rings (SSSR count). The number of likely N-dealkylation sites (N-methyl/N-ethyl adjacent to an activating group) is 1. The molecule has 0 spiro atoms. The van der Waals surface area contributed by atoms with Gasteiger partial charge >= 0.3 is 0 Å². The van der Waals surface area contributed by atoms with Gasteiger partial charge in [0.15, 0.2) is 0 Å². The van der Waals surface area contributed by atoms with Crippen molar-refractivity contribution in [3.8, 4) is 0 Å². The number of aromatic nitrogens is 1. The van der Waals surface area contributed by atoms with Crippen LogP contribution in [0.15, 0.2) is 40.9 Å². The number of nitrogens with zero attached hydrogens (tertiary/aromatic N) is 1. The summed E-state index contributed by atoms with van der Waals surface area (Å²) in [5.74, 6) is -0.0813. The molecule has 0 unspecified atom stereocenters. The molecule has 2 N–H and O–H groups in total. The number of aromatic amines is 1. The maximum atomic E-state index is 12.7. The second-order valence-electron chi connectivity index (χ2n) is 6.70. The first-order valence-corrected chi connectivity index (χ1v) is 9.20. The first-order chi connectivity index (χ1) is 12.0. The number of halogens is 1. The first-order valence-electron chi connectivity index (χ1n) is 8.41. The van der Waals surface area contributed by atoms with Crippen molar-refractivity contribution in [3.63, 3.8) is 0 Å². The number of carbonyl (C=O) groups excluding carboxylic acids is 1. The third kappa shape index (κ3) is 2.98. The summed E-state index contributed by atoms with van der Waals surface area (Å²) in [5, 5.41) is 4.18. The second kappa shape index (κ2) is 6.32. The lowest BCUT2D eigenvalue weighted by Gasteiger charge is -2.22. The Bertz CT molecular complexity index is 976. The molecule has 25 heavy (non-hydrogen) atoms. The molecule has 3 aromatic rings. The van der Waals surface area contributed by atoms with E-state index in [4.69, 9.17) is 0 Å². The number of rotatable bonds is 2. The van der Waals surface area contributed by atoms with Crippen molar-refractivity contribution in [3.05, 3.63) is 63.3 Å². The Balaban J connectivity index is 1.68. The highest BCUT2D eigenvalue weighted by atomic mass is 79.9. The molecule has 2 heterocycles. The van der Waals surface area contributed by atoms with Crippen LogP contribution in [0.4, 0.5) is 5.69 Å². The minimum absolute atomic E-state index is 0.0813. The zero-order valence-electron chi connectivity index (χ0n) is 14.3. The van der Waals surface area contributed by atoms with Crippen molar-refractivity contribution in [1.82, 2.24) is 9.88 Å². The fourth-order valence-electron chi connectivity index (χ4n) is 3.43. The van der Waals surface area contributed by atoms with Gasteiger partial charge in [-0.1, -0.05) is 22.0 Å². The van der Waals surface area contributed by atoms with Gasteiger partial charge in [0, 0.05) is 51.8 Å². The molecule has 0 aliphatic carbocycles. The van der Waals surface area contributed by atoms with Crippen LogP contribution < -0.4 is 5.32 Å². The Kier molecular flexibility index (Phi) is 4.13. The molecule has 2 aromatic carbocycles. The van der Waals surface area contributed by atoms with Crippen LogP contribution in [0.1, 0.15) is 27.2 Å². The van der Waals surface area contributed by atoms with Crippen LogP contribution in [0.25, 0.3) is 10.9 Å². The number of H-pyrrole nitrogens is 1. The second-order valence-corrected chi connectivity index (χ2v) is 7.55. The van der Waals surface area contributed by atoms with Gasteiger partial charge in [-0.25, -0.2) is 0 Å². The summed E-state index contributed by atoms with van der Waals surface area (Å²) in [6.07, 6.45) is 1.03. The molecule has 1 aromatic heterocycles. The van der Waals surface area contributed by atoms with Gasteiger partial charge in [-0.05, 0) is 55.4 Å². The third-order valence-corrected chi connectivity index (χ3v) is 5.80. The Morgan fingerprint density at radius 3 is 2.96 bits per heavy atom. The maximum Gasteiger partial charge on any atom is 0.255 e. The average Bonchev–Trinajstić information content (AvgIpc) is 2.96. The van der Waals surface area contributed by atoms with Crippen LogP contribution in [-0.4, -0.2) is 29.4 Å². The predicted molar refractivity (Wildman–Crippen MR) is 105 cm³/mol. The number of hydrogen-bond acceptors (Lipinski definition) is 2. The Labute approximate surface area is 155 Å². The van der Waals surface area contributed by atoms with Gasteiger partial charge in [0.25, 0.3) is 5.91 Å². The van der Waals surface area contributed by atoms with Crippen molar-refractivity contribution in [2.24, 2.45) is 0 Å². The van der Waals surface area contributed by atoms with Crippen LogP contribution in [0.5, 0.6) is 0 Å². The van der Waals surface area contributed by atoms with Crippen molar-refractivity contribution >= 4 is 38.4 Å². The van der Waals surface area contributed by atoms with Gasteiger partial charge in [-0.15, -0.1) is 0 Å². The van der Waals surface area contributed by atoms with Crippen LogP contribution in [0.2, 0.25) is 0 Å². The average molecular weight is 398 g/mol. The van der Waals surface area contributed by atoms with Crippen molar-refractivity contribution < 1.29 is 4.79 Å². The number of amides is 1. The predicted octanol–water partition coefficient (Wildman–Crippen LogP) is 4.48. The quantitative estimate of drug-likeness (QED) is 0.669. The van der Waals surface area contributed by atoms with Gasteiger partial charge in [-0.2, -0.15) is 0 Å². The lowest BCUT2D eigenvalue weighted by Crippen LogP contribution is -2.26. The van der Waals surface area contributed by atoms with Crippen molar-refractivity contribution in [2.75, 3.05) is 18.9 Å². The van der Waals surface area contributed by atoms with Crippen LogP contribution in [0, 0.1) is 6.92 Å². The molecule has 0 atom stereocenters. The lowest BCUT2D eigenvalue weighted by atomic mass is 10.0. The van der Waals surface area contributed by atoms with E-state index in [1.807, 2.05) is 43.3 Å². The highest BCUT2D eigenvalue weighted by molar-refractivity contribution is 9.10. The number of hydrogen-bond donors (Lipinski definition) is 2. The lowest BCUT2D eigenvalue weighted by molar-refractivity contribution is 0.102. The fraction of sp³-hybridized carbons (Fsp3) is 0.250. The van der Waals surface area contributed by atoms with Crippen molar-refractivity contribution in [1.29, 1.82) is 0 Å². The summed E-state index contributed by atoms with van der Waals surface area (Å²) < 4.78 is 0.989. The maximum absolute atomic E-state index is 12.7. The normalized spacial score (nSPS) is 14.5. The SMILES string of the molecule is Cc1c(Br)cccc1NC(=O)c1ccc2[nH]c3c(c2c1)CN(C)CC3. The molecule has 1 aliphatic heterocycles. The van der Waals surface area contributed by atoms with Gasteiger partial charge in [0.2, 0.25) is 0 Å². The molecule has 0 saturated carbocycles. The molecule has 1 aliphatic rings. The van der Waals surface area contributed by atoms with Gasteiger partial charge in [0.05, 0.1) is 0 Å². The molecule has 0 saturated heterocycles. The summed E-state index contributed by atoms with van der Waals surface area (Å²) in [6, 6.07) is 11.7. The number of benzene rings is 2.